The predicted octanol–water partition coefficient (Wildman–Crippen LogP) is 3.21. The van der Waals surface area contributed by atoms with Gasteiger partial charge in [-0.05, 0) is 30.7 Å². The second kappa shape index (κ2) is 6.33. The van der Waals surface area contributed by atoms with E-state index in [1.165, 1.54) is 6.42 Å². The monoisotopic (exact) mass is 286 g/mol. The standard InChI is InChI=1S/C11H11ClN2OS2/c12-9-4-2-8(3-5-9)10(15)13-14-11-16-6-1-7-17-11/h2-5H,1,6-7H2,(H,13,15). The molecule has 1 aromatic rings. The summed E-state index contributed by atoms with van der Waals surface area (Å²) in [6, 6.07) is 6.74. The smallest absolute Gasteiger partial charge is 0.267 e. The molecular formula is C11H11ClN2OS2. The number of rotatable bonds is 2. The quantitative estimate of drug-likeness (QED) is 0.849. The summed E-state index contributed by atoms with van der Waals surface area (Å²) in [5.74, 6) is 1.94. The minimum Gasteiger partial charge on any atom is -0.267 e. The Morgan fingerprint density at radius 3 is 2.53 bits per heavy atom. The van der Waals surface area contributed by atoms with E-state index in [-0.39, 0.29) is 5.91 Å². The van der Waals surface area contributed by atoms with E-state index in [0.29, 0.717) is 10.6 Å². The molecule has 1 saturated heterocycles. The number of amides is 1. The first-order valence-electron chi connectivity index (χ1n) is 5.15. The highest BCUT2D eigenvalue weighted by Crippen LogP contribution is 2.24. The lowest BCUT2D eigenvalue weighted by Gasteiger charge is -2.10. The number of thioether (sulfide) groups is 2. The van der Waals surface area contributed by atoms with Gasteiger partial charge in [-0.3, -0.25) is 4.79 Å². The molecule has 0 aromatic heterocycles. The van der Waals surface area contributed by atoms with Crippen LogP contribution < -0.4 is 5.43 Å². The average Bonchev–Trinajstić information content (AvgIpc) is 2.38. The molecule has 0 spiro atoms. The van der Waals surface area contributed by atoms with Crippen LogP contribution in [-0.2, 0) is 0 Å². The molecule has 1 heterocycles. The van der Waals surface area contributed by atoms with Crippen LogP contribution in [0.2, 0.25) is 5.02 Å². The fourth-order valence-corrected chi connectivity index (χ4v) is 3.54. The molecule has 1 aromatic carbocycles. The maximum Gasteiger partial charge on any atom is 0.271 e. The summed E-state index contributed by atoms with van der Waals surface area (Å²) in [5, 5.41) is 4.71. The molecular weight excluding hydrogens is 276 g/mol. The molecule has 1 N–H and O–H groups in total. The van der Waals surface area contributed by atoms with Crippen molar-refractivity contribution >= 4 is 45.4 Å². The Morgan fingerprint density at radius 1 is 1.24 bits per heavy atom. The van der Waals surface area contributed by atoms with Gasteiger partial charge in [0.1, 0.15) is 4.38 Å². The SMILES string of the molecule is O=C(NN=C1SCCCS1)c1ccc(Cl)cc1. The summed E-state index contributed by atoms with van der Waals surface area (Å²) in [5.41, 5.74) is 3.11. The normalized spacial score (nSPS) is 15.5. The molecule has 0 aliphatic carbocycles. The lowest BCUT2D eigenvalue weighted by atomic mass is 10.2. The second-order valence-corrected chi connectivity index (χ2v) is 6.24. The molecule has 3 nitrogen and oxygen atoms in total. The largest absolute Gasteiger partial charge is 0.271 e. The Bertz CT molecular complexity index is 426. The molecule has 0 radical (unpaired) electrons. The first kappa shape index (κ1) is 12.8. The lowest BCUT2D eigenvalue weighted by molar-refractivity contribution is 0.0955. The van der Waals surface area contributed by atoms with Crippen molar-refractivity contribution in [3.63, 3.8) is 0 Å². The van der Waals surface area contributed by atoms with Crippen molar-refractivity contribution in [1.29, 1.82) is 0 Å². The number of hydrogen-bond acceptors (Lipinski definition) is 4. The van der Waals surface area contributed by atoms with Crippen LogP contribution in [0.15, 0.2) is 29.4 Å². The third-order valence-electron chi connectivity index (χ3n) is 2.09. The highest BCUT2D eigenvalue weighted by molar-refractivity contribution is 8.39. The van der Waals surface area contributed by atoms with Crippen LogP contribution in [0, 0.1) is 0 Å². The van der Waals surface area contributed by atoms with Crippen LogP contribution in [0.5, 0.6) is 0 Å². The third kappa shape index (κ3) is 3.94. The summed E-state index contributed by atoms with van der Waals surface area (Å²) < 4.78 is 0.929. The zero-order valence-electron chi connectivity index (χ0n) is 8.98. The van der Waals surface area contributed by atoms with Gasteiger partial charge in [-0.1, -0.05) is 35.1 Å². The Balaban J connectivity index is 1.94. The molecule has 0 bridgehead atoms. The zero-order valence-corrected chi connectivity index (χ0v) is 11.4. The van der Waals surface area contributed by atoms with E-state index in [1.54, 1.807) is 47.8 Å². The number of carbonyl (C=O) groups excluding carboxylic acids is 1. The van der Waals surface area contributed by atoms with Crippen molar-refractivity contribution in [1.82, 2.24) is 5.43 Å². The van der Waals surface area contributed by atoms with Gasteiger partial charge in [-0.25, -0.2) is 5.43 Å². The molecule has 1 amide bonds. The molecule has 0 unspecified atom stereocenters. The minimum atomic E-state index is -0.207. The molecule has 1 aliphatic heterocycles. The highest BCUT2D eigenvalue weighted by atomic mass is 35.5. The van der Waals surface area contributed by atoms with Crippen molar-refractivity contribution in [2.24, 2.45) is 5.10 Å². The van der Waals surface area contributed by atoms with Crippen molar-refractivity contribution in [3.8, 4) is 0 Å². The fraction of sp³-hybridized carbons (Fsp3) is 0.273. The van der Waals surface area contributed by atoms with Crippen molar-refractivity contribution in [2.45, 2.75) is 6.42 Å². The van der Waals surface area contributed by atoms with Gasteiger partial charge in [0.2, 0.25) is 0 Å². The number of nitrogens with one attached hydrogen (secondary N) is 1. The van der Waals surface area contributed by atoms with E-state index in [9.17, 15) is 4.79 Å². The summed E-state index contributed by atoms with van der Waals surface area (Å²) in [6.45, 7) is 0. The number of hydrogen-bond donors (Lipinski definition) is 1. The number of hydrazone groups is 1. The van der Waals surface area contributed by atoms with Gasteiger partial charge < -0.3 is 0 Å². The topological polar surface area (TPSA) is 41.5 Å². The van der Waals surface area contributed by atoms with Crippen LogP contribution in [0.1, 0.15) is 16.8 Å². The van der Waals surface area contributed by atoms with E-state index in [1.807, 2.05) is 0 Å². The second-order valence-electron chi connectivity index (χ2n) is 3.38. The molecule has 1 aliphatic rings. The van der Waals surface area contributed by atoms with Crippen molar-refractivity contribution in [3.05, 3.63) is 34.9 Å². The number of halogens is 1. The Kier molecular flexibility index (Phi) is 4.76. The molecule has 2 rings (SSSR count). The van der Waals surface area contributed by atoms with Crippen LogP contribution in [0.3, 0.4) is 0 Å². The molecule has 0 saturated carbocycles. The maximum atomic E-state index is 11.7. The van der Waals surface area contributed by atoms with E-state index in [2.05, 4.69) is 10.5 Å². The highest BCUT2D eigenvalue weighted by Gasteiger charge is 2.09. The van der Waals surface area contributed by atoms with Crippen LogP contribution in [0.25, 0.3) is 0 Å². The molecule has 1 fully saturated rings. The first-order chi connectivity index (χ1) is 8.25. The Morgan fingerprint density at radius 2 is 1.88 bits per heavy atom. The van der Waals surface area contributed by atoms with Crippen LogP contribution >= 0.6 is 35.1 Å². The van der Waals surface area contributed by atoms with Crippen LogP contribution in [0.4, 0.5) is 0 Å². The van der Waals surface area contributed by atoms with E-state index >= 15 is 0 Å². The fourth-order valence-electron chi connectivity index (χ4n) is 1.25. The molecule has 17 heavy (non-hydrogen) atoms. The van der Waals surface area contributed by atoms with Gasteiger partial charge in [0.05, 0.1) is 0 Å². The summed E-state index contributed by atoms with van der Waals surface area (Å²) in [6.07, 6.45) is 1.19. The van der Waals surface area contributed by atoms with Gasteiger partial charge in [-0.2, -0.15) is 5.10 Å². The lowest BCUT2D eigenvalue weighted by Crippen LogP contribution is -2.19. The number of benzene rings is 1. The summed E-state index contributed by atoms with van der Waals surface area (Å²) in [4.78, 5) is 11.7. The zero-order chi connectivity index (χ0) is 12.1. The molecule has 90 valence electrons. The van der Waals surface area contributed by atoms with E-state index in [0.717, 1.165) is 15.9 Å². The average molecular weight is 287 g/mol. The minimum absolute atomic E-state index is 0.207. The molecule has 0 atom stereocenters. The maximum absolute atomic E-state index is 11.7. The van der Waals surface area contributed by atoms with Crippen molar-refractivity contribution < 1.29 is 4.79 Å². The van der Waals surface area contributed by atoms with Crippen molar-refractivity contribution in [2.75, 3.05) is 11.5 Å². The van der Waals surface area contributed by atoms with Gasteiger partial charge in [0.15, 0.2) is 0 Å². The predicted molar refractivity (Wildman–Crippen MR) is 75.9 cm³/mol. The van der Waals surface area contributed by atoms with Crippen LogP contribution in [-0.4, -0.2) is 21.8 Å². The Hall–Kier alpha value is -0.650. The van der Waals surface area contributed by atoms with E-state index < -0.39 is 0 Å². The third-order valence-corrected chi connectivity index (χ3v) is 4.72. The number of carbonyl (C=O) groups is 1. The van der Waals surface area contributed by atoms with Gasteiger partial charge in [-0.15, -0.1) is 0 Å². The molecule has 6 heteroatoms. The summed E-state index contributed by atoms with van der Waals surface area (Å²) in [7, 11) is 0. The van der Waals surface area contributed by atoms with Gasteiger partial charge >= 0.3 is 0 Å². The number of nitrogens with zero attached hydrogens (tertiary/aromatic N) is 1. The summed E-state index contributed by atoms with van der Waals surface area (Å²) >= 11 is 9.11. The first-order valence-corrected chi connectivity index (χ1v) is 7.50. The van der Waals surface area contributed by atoms with Gasteiger partial charge in [0, 0.05) is 22.1 Å². The Labute approximate surface area is 113 Å². The van der Waals surface area contributed by atoms with E-state index in [4.69, 9.17) is 11.6 Å². The van der Waals surface area contributed by atoms with Gasteiger partial charge in [0.25, 0.3) is 5.91 Å².